The van der Waals surface area contributed by atoms with Gasteiger partial charge in [0, 0.05) is 18.6 Å². The van der Waals surface area contributed by atoms with Crippen molar-refractivity contribution < 1.29 is 9.90 Å². The topological polar surface area (TPSA) is 66.6 Å². The lowest BCUT2D eigenvalue weighted by molar-refractivity contribution is 0.145. The lowest BCUT2D eigenvalue weighted by atomic mass is 9.93. The molecule has 4 nitrogen and oxygen atoms in total. The lowest BCUT2D eigenvalue weighted by Crippen LogP contribution is -2.28. The minimum absolute atomic E-state index is 0.383. The summed E-state index contributed by atoms with van der Waals surface area (Å²) in [6.07, 6.45) is -0.871. The molecule has 1 aliphatic rings. The van der Waals surface area contributed by atoms with E-state index in [4.69, 9.17) is 10.8 Å². The third-order valence-corrected chi connectivity index (χ3v) is 2.94. The van der Waals surface area contributed by atoms with Crippen molar-refractivity contribution in [1.29, 1.82) is 0 Å². The Morgan fingerprint density at radius 1 is 1.38 bits per heavy atom. The van der Waals surface area contributed by atoms with Gasteiger partial charge in [-0.05, 0) is 30.5 Å². The zero-order valence-electron chi connectivity index (χ0n) is 9.53. The highest BCUT2D eigenvalue weighted by atomic mass is 16.4. The van der Waals surface area contributed by atoms with E-state index in [0.29, 0.717) is 13.1 Å². The summed E-state index contributed by atoms with van der Waals surface area (Å²) in [5, 5.41) is 8.92. The number of nitrogens with zero attached hydrogens (tertiary/aromatic N) is 1. The Morgan fingerprint density at radius 2 is 2.00 bits per heavy atom. The molecular weight excluding hydrogens is 204 g/mol. The van der Waals surface area contributed by atoms with Gasteiger partial charge >= 0.3 is 6.09 Å². The quantitative estimate of drug-likeness (QED) is 0.759. The molecule has 1 aromatic carbocycles. The van der Waals surface area contributed by atoms with Crippen molar-refractivity contribution in [3.8, 4) is 0 Å². The molecule has 86 valence electrons. The first-order chi connectivity index (χ1) is 7.38. The van der Waals surface area contributed by atoms with Crippen molar-refractivity contribution in [3.05, 3.63) is 34.9 Å². The highest BCUT2D eigenvalue weighted by Crippen LogP contribution is 2.27. The first-order valence-corrected chi connectivity index (χ1v) is 5.27. The van der Waals surface area contributed by atoms with Crippen LogP contribution in [0, 0.1) is 0 Å². The van der Waals surface area contributed by atoms with Gasteiger partial charge in [0.2, 0.25) is 0 Å². The summed E-state index contributed by atoms with van der Waals surface area (Å²) < 4.78 is 0. The minimum Gasteiger partial charge on any atom is -0.465 e. The molecule has 1 amide bonds. The fraction of sp³-hybridized carbons (Fsp3) is 0.417. The largest absolute Gasteiger partial charge is 0.465 e. The molecule has 0 saturated heterocycles. The van der Waals surface area contributed by atoms with E-state index >= 15 is 0 Å². The molecule has 0 bridgehead atoms. The van der Waals surface area contributed by atoms with Crippen molar-refractivity contribution in [2.45, 2.75) is 32.5 Å². The SMILES string of the molecule is CC(C)(N)c1ccc2c(c1)CN(C(=O)O)C2. The van der Waals surface area contributed by atoms with E-state index in [1.54, 1.807) is 0 Å². The summed E-state index contributed by atoms with van der Waals surface area (Å²) in [6, 6.07) is 5.96. The van der Waals surface area contributed by atoms with Gasteiger partial charge in [-0.3, -0.25) is 4.90 Å². The third-order valence-electron chi connectivity index (χ3n) is 2.94. The molecule has 2 rings (SSSR count). The highest BCUT2D eigenvalue weighted by Gasteiger charge is 2.24. The Balaban J connectivity index is 2.31. The number of nitrogens with two attached hydrogens (primary N) is 1. The van der Waals surface area contributed by atoms with Crippen molar-refractivity contribution in [3.63, 3.8) is 0 Å². The first kappa shape index (κ1) is 11.0. The van der Waals surface area contributed by atoms with Gasteiger partial charge in [0.15, 0.2) is 0 Å². The number of carbonyl (C=O) groups is 1. The second kappa shape index (κ2) is 3.49. The Morgan fingerprint density at radius 3 is 2.56 bits per heavy atom. The molecule has 3 N–H and O–H groups in total. The average molecular weight is 220 g/mol. The van der Waals surface area contributed by atoms with Gasteiger partial charge in [0.1, 0.15) is 0 Å². The second-order valence-electron chi connectivity index (χ2n) is 4.84. The molecule has 0 radical (unpaired) electrons. The van der Waals surface area contributed by atoms with Gasteiger partial charge in [0.05, 0.1) is 0 Å². The molecule has 0 aliphatic carbocycles. The lowest BCUT2D eigenvalue weighted by Gasteiger charge is -2.19. The number of hydrogen-bond acceptors (Lipinski definition) is 2. The van der Waals surface area contributed by atoms with Crippen LogP contribution in [0.25, 0.3) is 0 Å². The maximum Gasteiger partial charge on any atom is 0.407 e. The summed E-state index contributed by atoms with van der Waals surface area (Å²) in [5.41, 5.74) is 8.82. The maximum atomic E-state index is 10.9. The van der Waals surface area contributed by atoms with Gasteiger partial charge < -0.3 is 10.8 Å². The van der Waals surface area contributed by atoms with E-state index in [-0.39, 0.29) is 5.54 Å². The summed E-state index contributed by atoms with van der Waals surface area (Å²) in [4.78, 5) is 12.3. The summed E-state index contributed by atoms with van der Waals surface area (Å²) in [7, 11) is 0. The van der Waals surface area contributed by atoms with Crippen LogP contribution < -0.4 is 5.73 Å². The Kier molecular flexibility index (Phi) is 2.39. The molecule has 1 aromatic rings. The minimum atomic E-state index is -0.871. The van der Waals surface area contributed by atoms with E-state index < -0.39 is 6.09 Å². The fourth-order valence-corrected chi connectivity index (χ4v) is 1.93. The van der Waals surface area contributed by atoms with E-state index in [2.05, 4.69) is 0 Å². The predicted molar refractivity (Wildman–Crippen MR) is 60.9 cm³/mol. The molecule has 1 aliphatic heterocycles. The zero-order chi connectivity index (χ0) is 11.9. The summed E-state index contributed by atoms with van der Waals surface area (Å²) in [5.74, 6) is 0. The van der Waals surface area contributed by atoms with Gasteiger partial charge in [-0.1, -0.05) is 18.2 Å². The van der Waals surface area contributed by atoms with E-state index in [1.807, 2.05) is 32.0 Å². The maximum absolute atomic E-state index is 10.9. The third kappa shape index (κ3) is 1.88. The fourth-order valence-electron chi connectivity index (χ4n) is 1.93. The van der Waals surface area contributed by atoms with Crippen molar-refractivity contribution in [2.24, 2.45) is 5.73 Å². The van der Waals surface area contributed by atoms with Gasteiger partial charge in [-0.25, -0.2) is 4.79 Å². The van der Waals surface area contributed by atoms with Crippen LogP contribution in [0.3, 0.4) is 0 Å². The summed E-state index contributed by atoms with van der Waals surface area (Å²) >= 11 is 0. The molecule has 4 heteroatoms. The van der Waals surface area contributed by atoms with Crippen LogP contribution in [0.5, 0.6) is 0 Å². The Bertz CT molecular complexity index is 435. The van der Waals surface area contributed by atoms with E-state index in [1.165, 1.54) is 4.90 Å². The summed E-state index contributed by atoms with van der Waals surface area (Å²) in [6.45, 7) is 4.84. The smallest absolute Gasteiger partial charge is 0.407 e. The van der Waals surface area contributed by atoms with Gasteiger partial charge in [0.25, 0.3) is 0 Å². The number of benzene rings is 1. The van der Waals surface area contributed by atoms with Crippen LogP contribution in [0.2, 0.25) is 0 Å². The average Bonchev–Trinajstić information content (AvgIpc) is 2.58. The number of fused-ring (bicyclic) bond motifs is 1. The molecular formula is C12H16N2O2. The number of amides is 1. The molecule has 0 unspecified atom stereocenters. The molecule has 16 heavy (non-hydrogen) atoms. The standard InChI is InChI=1S/C12H16N2O2/c1-12(2,13)10-4-3-8-6-14(11(15)16)7-9(8)5-10/h3-5H,6-7,13H2,1-2H3,(H,15,16). The van der Waals surface area contributed by atoms with E-state index in [9.17, 15) is 4.79 Å². The molecule has 1 heterocycles. The van der Waals surface area contributed by atoms with Crippen molar-refractivity contribution in [2.75, 3.05) is 0 Å². The van der Waals surface area contributed by atoms with Crippen molar-refractivity contribution in [1.82, 2.24) is 4.90 Å². The van der Waals surface area contributed by atoms with Crippen LogP contribution in [0.1, 0.15) is 30.5 Å². The Labute approximate surface area is 94.7 Å². The Hall–Kier alpha value is -1.55. The first-order valence-electron chi connectivity index (χ1n) is 5.27. The number of hydrogen-bond donors (Lipinski definition) is 2. The number of carboxylic acid groups (broad SMARTS) is 1. The van der Waals surface area contributed by atoms with Gasteiger partial charge in [-0.2, -0.15) is 0 Å². The van der Waals surface area contributed by atoms with Crippen molar-refractivity contribution >= 4 is 6.09 Å². The van der Waals surface area contributed by atoms with E-state index in [0.717, 1.165) is 16.7 Å². The van der Waals surface area contributed by atoms with Crippen LogP contribution in [0.15, 0.2) is 18.2 Å². The monoisotopic (exact) mass is 220 g/mol. The molecule has 0 aromatic heterocycles. The zero-order valence-corrected chi connectivity index (χ0v) is 9.53. The normalized spacial score (nSPS) is 15.1. The second-order valence-corrected chi connectivity index (χ2v) is 4.84. The number of rotatable bonds is 1. The molecule has 0 spiro atoms. The van der Waals surface area contributed by atoms with Crippen LogP contribution >= 0.6 is 0 Å². The molecule has 0 atom stereocenters. The van der Waals surface area contributed by atoms with Gasteiger partial charge in [-0.15, -0.1) is 0 Å². The van der Waals surface area contributed by atoms with Crippen LogP contribution in [-0.4, -0.2) is 16.1 Å². The van der Waals surface area contributed by atoms with Crippen LogP contribution in [-0.2, 0) is 18.6 Å². The molecule has 0 saturated carbocycles. The predicted octanol–water partition coefficient (Wildman–Crippen LogP) is 1.87. The van der Waals surface area contributed by atoms with Crippen LogP contribution in [0.4, 0.5) is 4.79 Å². The highest BCUT2D eigenvalue weighted by molar-refractivity contribution is 5.66. The molecule has 0 fully saturated rings.